The molecule has 2 unspecified atom stereocenters. The number of benzene rings is 1. The van der Waals surface area contributed by atoms with Crippen LogP contribution in [0.15, 0.2) is 22.6 Å². The molecule has 5 rings (SSSR count). The summed E-state index contributed by atoms with van der Waals surface area (Å²) in [6, 6.07) is 7.88. The van der Waals surface area contributed by atoms with E-state index in [1.165, 1.54) is 19.3 Å². The van der Waals surface area contributed by atoms with Gasteiger partial charge in [-0.05, 0) is 51.3 Å². The lowest BCUT2D eigenvalue weighted by molar-refractivity contribution is 0.0463. The summed E-state index contributed by atoms with van der Waals surface area (Å²) in [6.45, 7) is 4.25. The van der Waals surface area contributed by atoms with E-state index < -0.39 is 0 Å². The molecule has 1 N–H and O–H groups in total. The molecule has 8 heteroatoms. The Kier molecular flexibility index (Phi) is 6.74. The minimum atomic E-state index is -0.0397. The van der Waals surface area contributed by atoms with Crippen LogP contribution in [-0.2, 0) is 4.74 Å². The second kappa shape index (κ2) is 9.35. The zero-order valence-corrected chi connectivity index (χ0v) is 19.2. The number of nitrogens with zero attached hydrogens (tertiary/aromatic N) is 3. The fraction of sp³-hybridized carbons (Fsp3) is 0.652. The van der Waals surface area contributed by atoms with Gasteiger partial charge in [-0.15, -0.1) is 12.4 Å². The number of anilines is 1. The second-order valence-electron chi connectivity index (χ2n) is 9.02. The number of carbonyl (C=O) groups is 1. The summed E-state index contributed by atoms with van der Waals surface area (Å²) >= 11 is 0. The Bertz CT molecular complexity index is 905. The summed E-state index contributed by atoms with van der Waals surface area (Å²) in [5.41, 5.74) is 1.92. The van der Waals surface area contributed by atoms with E-state index in [0.717, 1.165) is 25.8 Å². The minimum absolute atomic E-state index is 0. The maximum Gasteiger partial charge on any atom is 0.298 e. The Morgan fingerprint density at radius 2 is 2.03 bits per heavy atom. The molecule has 3 atom stereocenters. The molecule has 3 fully saturated rings. The van der Waals surface area contributed by atoms with Gasteiger partial charge < -0.3 is 24.3 Å². The van der Waals surface area contributed by atoms with Crippen LogP contribution in [0.3, 0.4) is 0 Å². The molecule has 31 heavy (non-hydrogen) atoms. The number of hydrogen-bond acceptors (Lipinski definition) is 6. The highest BCUT2D eigenvalue weighted by Crippen LogP contribution is 2.33. The summed E-state index contributed by atoms with van der Waals surface area (Å²) in [4.78, 5) is 22.6. The number of amides is 1. The third-order valence-electron chi connectivity index (χ3n) is 7.27. The molecule has 2 aromatic rings. The van der Waals surface area contributed by atoms with Crippen molar-refractivity contribution in [2.24, 2.45) is 0 Å². The number of piperidine rings is 2. The van der Waals surface area contributed by atoms with Gasteiger partial charge in [-0.2, -0.15) is 4.98 Å². The average molecular weight is 449 g/mol. The minimum Gasteiger partial charge on any atom is -0.423 e. The molecule has 1 aromatic carbocycles. The van der Waals surface area contributed by atoms with E-state index in [1.54, 1.807) is 0 Å². The average Bonchev–Trinajstić information content (AvgIpc) is 3.18. The molecule has 4 heterocycles. The predicted molar refractivity (Wildman–Crippen MR) is 123 cm³/mol. The molecule has 3 saturated heterocycles. The molecule has 0 radical (unpaired) electrons. The van der Waals surface area contributed by atoms with Crippen LogP contribution in [0.1, 0.15) is 55.8 Å². The molecule has 0 aliphatic carbocycles. The number of nitrogens with one attached hydrogen (secondary N) is 1. The van der Waals surface area contributed by atoms with Crippen LogP contribution in [0.2, 0.25) is 0 Å². The van der Waals surface area contributed by atoms with Gasteiger partial charge in [0.25, 0.3) is 11.9 Å². The molecule has 3 aliphatic heterocycles. The van der Waals surface area contributed by atoms with Crippen molar-refractivity contribution < 1.29 is 13.9 Å². The van der Waals surface area contributed by atoms with Crippen molar-refractivity contribution >= 4 is 35.4 Å². The van der Waals surface area contributed by atoms with Gasteiger partial charge in [0.15, 0.2) is 5.58 Å². The molecular formula is C23H33ClN4O3. The zero-order valence-electron chi connectivity index (χ0n) is 18.4. The van der Waals surface area contributed by atoms with Crippen LogP contribution < -0.4 is 10.2 Å². The Balaban J connectivity index is 0.00000231. The number of ether oxygens (including phenoxy) is 1. The summed E-state index contributed by atoms with van der Waals surface area (Å²) < 4.78 is 11.7. The number of fused-ring (bicyclic) bond motifs is 3. The highest BCUT2D eigenvalue weighted by atomic mass is 35.5. The summed E-state index contributed by atoms with van der Waals surface area (Å²) in [5.74, 6) is -0.0397. The number of halogens is 1. The normalized spacial score (nSPS) is 28.9. The number of carbonyl (C=O) groups excluding carboxylic acids is 1. The number of rotatable bonds is 4. The topological polar surface area (TPSA) is 70.8 Å². The number of aromatic nitrogens is 1. The van der Waals surface area contributed by atoms with Gasteiger partial charge in [0.2, 0.25) is 0 Å². The Morgan fingerprint density at radius 1 is 1.26 bits per heavy atom. The Morgan fingerprint density at radius 3 is 2.77 bits per heavy atom. The monoisotopic (exact) mass is 448 g/mol. The van der Waals surface area contributed by atoms with E-state index in [9.17, 15) is 4.79 Å². The van der Waals surface area contributed by atoms with Crippen molar-refractivity contribution in [2.45, 2.75) is 69.6 Å². The number of morpholine rings is 1. The van der Waals surface area contributed by atoms with Gasteiger partial charge in [0.1, 0.15) is 5.52 Å². The fourth-order valence-electron chi connectivity index (χ4n) is 5.48. The van der Waals surface area contributed by atoms with Crippen LogP contribution in [0.4, 0.5) is 6.01 Å². The van der Waals surface area contributed by atoms with E-state index >= 15 is 0 Å². The van der Waals surface area contributed by atoms with Crippen molar-refractivity contribution in [2.75, 3.05) is 31.7 Å². The van der Waals surface area contributed by atoms with Crippen molar-refractivity contribution in [3.63, 3.8) is 0 Å². The highest BCUT2D eigenvalue weighted by Gasteiger charge is 2.36. The van der Waals surface area contributed by atoms with Gasteiger partial charge in [0, 0.05) is 24.7 Å². The number of para-hydroxylation sites is 1. The number of hydrogen-bond donors (Lipinski definition) is 1. The molecule has 3 aliphatic rings. The van der Waals surface area contributed by atoms with Crippen LogP contribution in [-0.4, -0.2) is 66.8 Å². The van der Waals surface area contributed by atoms with E-state index in [-0.39, 0.29) is 30.4 Å². The Labute approximate surface area is 189 Å². The maximum absolute atomic E-state index is 13.2. The van der Waals surface area contributed by atoms with Crippen LogP contribution in [0, 0.1) is 0 Å². The quantitative estimate of drug-likeness (QED) is 0.770. The number of oxazole rings is 1. The first-order valence-electron chi connectivity index (χ1n) is 11.4. The molecular weight excluding hydrogens is 416 g/mol. The molecule has 170 valence electrons. The van der Waals surface area contributed by atoms with E-state index in [1.807, 2.05) is 18.2 Å². The summed E-state index contributed by atoms with van der Waals surface area (Å²) in [6.07, 6.45) is 6.81. The molecule has 0 saturated carbocycles. The largest absolute Gasteiger partial charge is 0.423 e. The predicted octanol–water partition coefficient (Wildman–Crippen LogP) is 3.61. The van der Waals surface area contributed by atoms with Gasteiger partial charge >= 0.3 is 0 Å². The molecule has 2 bridgehead atoms. The van der Waals surface area contributed by atoms with E-state index in [0.29, 0.717) is 48.0 Å². The van der Waals surface area contributed by atoms with Crippen LogP contribution >= 0.6 is 12.4 Å². The molecule has 7 nitrogen and oxygen atoms in total. The van der Waals surface area contributed by atoms with Gasteiger partial charge in [-0.1, -0.05) is 19.4 Å². The van der Waals surface area contributed by atoms with Crippen molar-refractivity contribution in [1.29, 1.82) is 0 Å². The lowest BCUT2D eigenvalue weighted by Gasteiger charge is -2.47. The first-order chi connectivity index (χ1) is 14.6. The summed E-state index contributed by atoms with van der Waals surface area (Å²) in [7, 11) is 2.24. The Hall–Kier alpha value is -1.83. The molecule has 0 spiro atoms. The van der Waals surface area contributed by atoms with Gasteiger partial charge in [-0.25, -0.2) is 0 Å². The van der Waals surface area contributed by atoms with E-state index in [4.69, 9.17) is 14.1 Å². The SMILES string of the molecule is CC[C@H]1COCCN1c1nc2c(C(=O)NC3CC4CCCC(C3)N4C)cccc2o1.Cl. The highest BCUT2D eigenvalue weighted by molar-refractivity contribution is 6.04. The van der Waals surface area contributed by atoms with Crippen molar-refractivity contribution in [1.82, 2.24) is 15.2 Å². The third-order valence-corrected chi connectivity index (χ3v) is 7.27. The zero-order chi connectivity index (χ0) is 20.7. The maximum atomic E-state index is 13.2. The standard InChI is InChI=1S/C23H32N4O3.ClH/c1-3-16-14-29-11-10-27(16)23-25-21-19(8-5-9-20(21)30-23)22(28)24-15-12-17-6-4-7-18(13-15)26(17)2;/h5,8-9,15-18H,3-4,6-7,10-14H2,1-2H3,(H,24,28);1H/t15?,16-,17?,18?;/m0./s1. The lowest BCUT2D eigenvalue weighted by atomic mass is 9.82. The van der Waals surface area contributed by atoms with Crippen LogP contribution in [0.25, 0.3) is 11.1 Å². The smallest absolute Gasteiger partial charge is 0.298 e. The molecule has 1 amide bonds. The van der Waals surface area contributed by atoms with Gasteiger partial charge in [0.05, 0.1) is 24.8 Å². The van der Waals surface area contributed by atoms with Crippen LogP contribution in [0.5, 0.6) is 0 Å². The second-order valence-corrected chi connectivity index (χ2v) is 9.02. The first kappa shape index (κ1) is 22.4. The summed E-state index contributed by atoms with van der Waals surface area (Å²) in [5, 5.41) is 3.30. The third kappa shape index (κ3) is 4.28. The van der Waals surface area contributed by atoms with Crippen molar-refractivity contribution in [3.05, 3.63) is 23.8 Å². The van der Waals surface area contributed by atoms with Gasteiger partial charge in [-0.3, -0.25) is 4.79 Å². The molecule has 1 aromatic heterocycles. The first-order valence-corrected chi connectivity index (χ1v) is 11.4. The fourth-order valence-corrected chi connectivity index (χ4v) is 5.48. The van der Waals surface area contributed by atoms with Crippen molar-refractivity contribution in [3.8, 4) is 0 Å². The van der Waals surface area contributed by atoms with E-state index in [2.05, 4.69) is 29.1 Å². The lowest BCUT2D eigenvalue weighted by Crippen LogP contribution is -2.55.